The van der Waals surface area contributed by atoms with E-state index in [2.05, 4.69) is 16.5 Å². The average Bonchev–Trinajstić information content (AvgIpc) is 3.26. The van der Waals surface area contributed by atoms with E-state index in [1.54, 1.807) is 35.5 Å². The Balaban J connectivity index is 1.69. The number of carbonyl (C=O) groups excluding carboxylic acids is 1. The van der Waals surface area contributed by atoms with Gasteiger partial charge in [-0.15, -0.1) is 11.3 Å². The lowest BCUT2D eigenvalue weighted by molar-refractivity contribution is 0.0940. The number of ether oxygens (including phenoxy) is 1. The minimum atomic E-state index is -0.125. The molecule has 124 valence electrons. The molecule has 0 unspecified atom stereocenters. The number of thiophene rings is 1. The van der Waals surface area contributed by atoms with E-state index in [0.717, 1.165) is 12.1 Å². The van der Waals surface area contributed by atoms with Crippen molar-refractivity contribution in [3.63, 3.8) is 0 Å². The number of aromatic nitrogens is 2. The minimum Gasteiger partial charge on any atom is -0.494 e. The Morgan fingerprint density at radius 2 is 2.17 bits per heavy atom. The lowest BCUT2D eigenvalue weighted by Crippen LogP contribution is -2.33. The van der Waals surface area contributed by atoms with Gasteiger partial charge in [-0.1, -0.05) is 18.2 Å². The maximum Gasteiger partial charge on any atom is 0.254 e. The van der Waals surface area contributed by atoms with Crippen LogP contribution in [-0.2, 0) is 6.42 Å². The zero-order chi connectivity index (χ0) is 16.9. The van der Waals surface area contributed by atoms with Gasteiger partial charge in [0.05, 0.1) is 18.9 Å². The molecule has 3 aromatic rings. The normalized spacial score (nSPS) is 11.9. The molecule has 2 heterocycles. The third-order valence-corrected chi connectivity index (χ3v) is 4.54. The van der Waals surface area contributed by atoms with E-state index in [4.69, 9.17) is 4.74 Å². The Morgan fingerprint density at radius 1 is 1.33 bits per heavy atom. The Bertz CT molecular complexity index is 811. The summed E-state index contributed by atoms with van der Waals surface area (Å²) < 4.78 is 6.98. The summed E-state index contributed by atoms with van der Waals surface area (Å²) in [6, 6.07) is 11.7. The van der Waals surface area contributed by atoms with Crippen molar-refractivity contribution in [3.05, 3.63) is 64.6 Å². The minimum absolute atomic E-state index is 0.0609. The molecule has 0 aliphatic heterocycles. The molecule has 0 saturated heterocycles. The number of hydrogen-bond donors (Lipinski definition) is 1. The number of nitrogens with one attached hydrogen (secondary N) is 1. The molecule has 0 fully saturated rings. The summed E-state index contributed by atoms with van der Waals surface area (Å²) in [5.41, 5.74) is 1.32. The molecule has 0 spiro atoms. The molecule has 6 heteroatoms. The van der Waals surface area contributed by atoms with Crippen LogP contribution in [0, 0.1) is 0 Å². The Kier molecular flexibility index (Phi) is 4.96. The van der Waals surface area contributed by atoms with Gasteiger partial charge in [-0.3, -0.25) is 4.79 Å². The first-order valence-electron chi connectivity index (χ1n) is 7.68. The number of hydrogen-bond acceptors (Lipinski definition) is 4. The first-order valence-corrected chi connectivity index (χ1v) is 8.56. The summed E-state index contributed by atoms with van der Waals surface area (Å²) in [4.78, 5) is 13.6. The Hall–Kier alpha value is -2.60. The number of benzene rings is 1. The van der Waals surface area contributed by atoms with Crippen molar-refractivity contribution in [2.75, 3.05) is 7.11 Å². The third kappa shape index (κ3) is 3.65. The van der Waals surface area contributed by atoms with E-state index in [1.165, 1.54) is 4.88 Å². The molecule has 1 atom stereocenters. The topological polar surface area (TPSA) is 56.1 Å². The second-order valence-electron chi connectivity index (χ2n) is 5.50. The molecule has 1 aromatic carbocycles. The van der Waals surface area contributed by atoms with Gasteiger partial charge in [-0.25, -0.2) is 4.68 Å². The van der Waals surface area contributed by atoms with Crippen LogP contribution in [0.1, 0.15) is 22.2 Å². The molecule has 0 aliphatic rings. The van der Waals surface area contributed by atoms with Crippen LogP contribution in [0.2, 0.25) is 0 Å². The largest absolute Gasteiger partial charge is 0.494 e. The molecule has 0 radical (unpaired) electrons. The van der Waals surface area contributed by atoms with Crippen LogP contribution < -0.4 is 10.1 Å². The molecule has 3 rings (SSSR count). The van der Waals surface area contributed by atoms with Crippen LogP contribution in [0.15, 0.2) is 54.2 Å². The fourth-order valence-corrected chi connectivity index (χ4v) is 3.31. The fraction of sp³-hybridized carbons (Fsp3) is 0.222. The predicted molar refractivity (Wildman–Crippen MR) is 95.1 cm³/mol. The van der Waals surface area contributed by atoms with Gasteiger partial charge in [0.15, 0.2) is 0 Å². The van der Waals surface area contributed by atoms with Crippen LogP contribution >= 0.6 is 11.3 Å². The average molecular weight is 341 g/mol. The fourth-order valence-electron chi connectivity index (χ4n) is 2.48. The van der Waals surface area contributed by atoms with Crippen LogP contribution in [0.4, 0.5) is 0 Å². The Labute approximate surface area is 144 Å². The van der Waals surface area contributed by atoms with Crippen molar-refractivity contribution in [1.29, 1.82) is 0 Å². The SMILES string of the molecule is COc1ccccc1-n1cc(C(=O)N[C@@H](C)Cc2cccs2)cn1. The van der Waals surface area contributed by atoms with Gasteiger partial charge in [0.2, 0.25) is 0 Å². The van der Waals surface area contributed by atoms with E-state index >= 15 is 0 Å². The van der Waals surface area contributed by atoms with E-state index < -0.39 is 0 Å². The molecule has 1 amide bonds. The summed E-state index contributed by atoms with van der Waals surface area (Å²) in [6.07, 6.45) is 4.11. The van der Waals surface area contributed by atoms with Crippen molar-refractivity contribution in [3.8, 4) is 11.4 Å². The van der Waals surface area contributed by atoms with Gasteiger partial charge in [0.1, 0.15) is 11.4 Å². The standard InChI is InChI=1S/C18H19N3O2S/c1-13(10-15-6-5-9-24-15)20-18(22)14-11-19-21(12-14)16-7-3-4-8-17(16)23-2/h3-9,11-13H,10H2,1-2H3,(H,20,22)/t13-/m0/s1. The van der Waals surface area contributed by atoms with E-state index in [9.17, 15) is 4.79 Å². The Morgan fingerprint density at radius 3 is 2.92 bits per heavy atom. The molecule has 5 nitrogen and oxygen atoms in total. The molecule has 0 aliphatic carbocycles. The number of rotatable bonds is 6. The number of methoxy groups -OCH3 is 1. The zero-order valence-corrected chi connectivity index (χ0v) is 14.4. The quantitative estimate of drug-likeness (QED) is 0.748. The van der Waals surface area contributed by atoms with Gasteiger partial charge in [0, 0.05) is 23.5 Å². The second kappa shape index (κ2) is 7.31. The monoisotopic (exact) mass is 341 g/mol. The molecular formula is C18H19N3O2S. The number of carbonyl (C=O) groups is 1. The highest BCUT2D eigenvalue weighted by molar-refractivity contribution is 7.09. The number of amides is 1. The first-order chi connectivity index (χ1) is 11.7. The summed E-state index contributed by atoms with van der Waals surface area (Å²) in [5.74, 6) is 0.582. The number of nitrogens with zero attached hydrogens (tertiary/aromatic N) is 2. The van der Waals surface area contributed by atoms with Crippen LogP contribution in [0.25, 0.3) is 5.69 Å². The summed E-state index contributed by atoms with van der Waals surface area (Å²) in [5, 5.41) is 9.33. The van der Waals surface area contributed by atoms with Crippen LogP contribution in [-0.4, -0.2) is 28.8 Å². The predicted octanol–water partition coefficient (Wildman–Crippen LogP) is 3.30. The lowest BCUT2D eigenvalue weighted by Gasteiger charge is -2.12. The molecule has 0 saturated carbocycles. The van der Waals surface area contributed by atoms with E-state index in [-0.39, 0.29) is 11.9 Å². The van der Waals surface area contributed by atoms with Gasteiger partial charge in [0.25, 0.3) is 5.91 Å². The summed E-state index contributed by atoms with van der Waals surface area (Å²) in [6.45, 7) is 2.00. The van der Waals surface area contributed by atoms with Gasteiger partial charge >= 0.3 is 0 Å². The maximum atomic E-state index is 12.4. The van der Waals surface area contributed by atoms with Gasteiger partial charge in [-0.05, 0) is 30.5 Å². The van der Waals surface area contributed by atoms with E-state index in [1.807, 2.05) is 42.6 Å². The molecule has 24 heavy (non-hydrogen) atoms. The smallest absolute Gasteiger partial charge is 0.254 e. The second-order valence-corrected chi connectivity index (χ2v) is 6.54. The molecule has 0 bridgehead atoms. The highest BCUT2D eigenvalue weighted by atomic mass is 32.1. The zero-order valence-electron chi connectivity index (χ0n) is 13.6. The van der Waals surface area contributed by atoms with Crippen LogP contribution in [0.3, 0.4) is 0 Å². The van der Waals surface area contributed by atoms with Crippen molar-refractivity contribution >= 4 is 17.2 Å². The maximum absolute atomic E-state index is 12.4. The third-order valence-electron chi connectivity index (χ3n) is 3.64. The first kappa shape index (κ1) is 16.3. The lowest BCUT2D eigenvalue weighted by atomic mass is 10.2. The van der Waals surface area contributed by atoms with Gasteiger partial charge in [-0.2, -0.15) is 5.10 Å². The molecule has 1 N–H and O–H groups in total. The number of para-hydroxylation sites is 2. The van der Waals surface area contributed by atoms with Crippen LogP contribution in [0.5, 0.6) is 5.75 Å². The van der Waals surface area contributed by atoms with Crippen molar-refractivity contribution < 1.29 is 9.53 Å². The summed E-state index contributed by atoms with van der Waals surface area (Å²) in [7, 11) is 1.61. The molecular weight excluding hydrogens is 322 g/mol. The summed E-state index contributed by atoms with van der Waals surface area (Å²) >= 11 is 1.70. The highest BCUT2D eigenvalue weighted by Crippen LogP contribution is 2.21. The van der Waals surface area contributed by atoms with E-state index in [0.29, 0.717) is 11.3 Å². The van der Waals surface area contributed by atoms with Crippen molar-refractivity contribution in [2.24, 2.45) is 0 Å². The highest BCUT2D eigenvalue weighted by Gasteiger charge is 2.14. The van der Waals surface area contributed by atoms with Gasteiger partial charge < -0.3 is 10.1 Å². The molecule has 2 aromatic heterocycles. The van der Waals surface area contributed by atoms with Crippen molar-refractivity contribution in [2.45, 2.75) is 19.4 Å². The van der Waals surface area contributed by atoms with Crippen molar-refractivity contribution in [1.82, 2.24) is 15.1 Å².